The number of amides is 2. The lowest BCUT2D eigenvalue weighted by molar-refractivity contribution is -0.119. The van der Waals surface area contributed by atoms with E-state index in [1.54, 1.807) is 6.07 Å². The fourth-order valence-corrected chi connectivity index (χ4v) is 3.31. The number of anilines is 2. The van der Waals surface area contributed by atoms with E-state index in [0.29, 0.717) is 18.0 Å². The van der Waals surface area contributed by atoms with Crippen LogP contribution in [0.25, 0.3) is 0 Å². The molecule has 2 aromatic carbocycles. The van der Waals surface area contributed by atoms with Crippen LogP contribution in [0, 0.1) is 0 Å². The Morgan fingerprint density at radius 2 is 1.83 bits per heavy atom. The topological polar surface area (TPSA) is 82.7 Å². The minimum absolute atomic E-state index is 0.0217. The quantitative estimate of drug-likeness (QED) is 0.569. The lowest BCUT2D eigenvalue weighted by Gasteiger charge is -2.26. The molecule has 3 N–H and O–H groups in total. The van der Waals surface area contributed by atoms with Crippen LogP contribution in [0.3, 0.4) is 0 Å². The first-order chi connectivity index (χ1) is 14.6. The average Bonchev–Trinajstić information content (AvgIpc) is 2.77. The minimum Gasteiger partial charge on any atom is -0.379 e. The molecule has 0 unspecified atom stereocenters. The molecule has 0 atom stereocenters. The van der Waals surface area contributed by atoms with Crippen molar-refractivity contribution in [2.24, 2.45) is 0 Å². The van der Waals surface area contributed by atoms with Crippen molar-refractivity contribution in [2.45, 2.75) is 13.0 Å². The highest BCUT2D eigenvalue weighted by Crippen LogP contribution is 2.19. The second-order valence-electron chi connectivity index (χ2n) is 7.06. The van der Waals surface area contributed by atoms with Gasteiger partial charge in [-0.05, 0) is 29.8 Å². The van der Waals surface area contributed by atoms with Gasteiger partial charge in [-0.15, -0.1) is 0 Å². The predicted molar refractivity (Wildman–Crippen MR) is 119 cm³/mol. The first-order valence-corrected chi connectivity index (χ1v) is 10.4. The van der Waals surface area contributed by atoms with Crippen molar-refractivity contribution in [1.29, 1.82) is 0 Å². The Bertz CT molecular complexity index is 856. The molecule has 1 fully saturated rings. The Morgan fingerprint density at radius 1 is 1.03 bits per heavy atom. The molecule has 1 aliphatic heterocycles. The minimum atomic E-state index is -0.144. The van der Waals surface area contributed by atoms with E-state index in [1.807, 2.05) is 42.5 Å². The summed E-state index contributed by atoms with van der Waals surface area (Å²) in [4.78, 5) is 26.5. The van der Waals surface area contributed by atoms with Gasteiger partial charge in [0, 0.05) is 38.3 Å². The van der Waals surface area contributed by atoms with Gasteiger partial charge in [-0.1, -0.05) is 35.9 Å². The second-order valence-corrected chi connectivity index (χ2v) is 7.47. The van der Waals surface area contributed by atoms with Crippen LogP contribution in [-0.4, -0.2) is 56.1 Å². The summed E-state index contributed by atoms with van der Waals surface area (Å²) in [7, 11) is 0. The molecule has 0 radical (unpaired) electrons. The summed E-state index contributed by atoms with van der Waals surface area (Å²) < 4.78 is 5.32. The van der Waals surface area contributed by atoms with Gasteiger partial charge in [0.05, 0.1) is 30.5 Å². The number of nitrogens with one attached hydrogen (secondary N) is 3. The molecule has 8 heteroatoms. The van der Waals surface area contributed by atoms with Crippen molar-refractivity contribution in [1.82, 2.24) is 10.2 Å². The molecule has 3 rings (SSSR count). The van der Waals surface area contributed by atoms with Crippen LogP contribution in [0.15, 0.2) is 48.5 Å². The van der Waals surface area contributed by atoms with E-state index in [-0.39, 0.29) is 18.4 Å². The SMILES string of the molecule is O=C(CNc1ccccc1Cl)NCc1cccc(NC(=O)CCN2CCOCC2)c1. The molecule has 30 heavy (non-hydrogen) atoms. The van der Waals surface area contributed by atoms with Gasteiger partial charge >= 0.3 is 0 Å². The number of halogens is 1. The maximum atomic E-state index is 12.2. The molecule has 0 spiro atoms. The summed E-state index contributed by atoms with van der Waals surface area (Å²) >= 11 is 6.07. The van der Waals surface area contributed by atoms with Crippen LogP contribution < -0.4 is 16.0 Å². The lowest BCUT2D eigenvalue weighted by Crippen LogP contribution is -2.38. The first-order valence-electron chi connectivity index (χ1n) is 10.0. The highest BCUT2D eigenvalue weighted by Gasteiger charge is 2.12. The Labute approximate surface area is 181 Å². The molecule has 0 aliphatic carbocycles. The van der Waals surface area contributed by atoms with Gasteiger partial charge in [-0.3, -0.25) is 14.5 Å². The van der Waals surface area contributed by atoms with E-state index in [4.69, 9.17) is 16.3 Å². The number of rotatable bonds is 9. The largest absolute Gasteiger partial charge is 0.379 e. The Kier molecular flexibility index (Phi) is 8.50. The van der Waals surface area contributed by atoms with Gasteiger partial charge in [-0.2, -0.15) is 0 Å². The molecule has 0 aromatic heterocycles. The summed E-state index contributed by atoms with van der Waals surface area (Å²) in [5, 5.41) is 9.37. The second kappa shape index (κ2) is 11.5. The van der Waals surface area contributed by atoms with Gasteiger partial charge in [0.15, 0.2) is 0 Å². The molecular weight excluding hydrogens is 404 g/mol. The number of benzene rings is 2. The number of carbonyl (C=O) groups is 2. The molecule has 1 aliphatic rings. The molecule has 0 bridgehead atoms. The van der Waals surface area contributed by atoms with Crippen LogP contribution in [0.2, 0.25) is 5.02 Å². The first kappa shape index (κ1) is 22.1. The molecule has 7 nitrogen and oxygen atoms in total. The molecule has 1 heterocycles. The van der Waals surface area contributed by atoms with Crippen molar-refractivity contribution < 1.29 is 14.3 Å². The van der Waals surface area contributed by atoms with Gasteiger partial charge < -0.3 is 20.7 Å². The molecule has 1 saturated heterocycles. The number of nitrogens with zero attached hydrogens (tertiary/aromatic N) is 1. The van der Waals surface area contributed by atoms with Crippen LogP contribution in [-0.2, 0) is 20.9 Å². The van der Waals surface area contributed by atoms with Gasteiger partial charge in [0.1, 0.15) is 0 Å². The van der Waals surface area contributed by atoms with E-state index < -0.39 is 0 Å². The Balaban J connectivity index is 1.40. The van der Waals surface area contributed by atoms with Crippen molar-refractivity contribution in [3.63, 3.8) is 0 Å². The normalized spacial score (nSPS) is 14.2. The van der Waals surface area contributed by atoms with Gasteiger partial charge in [0.25, 0.3) is 0 Å². The Hall–Kier alpha value is -2.61. The van der Waals surface area contributed by atoms with E-state index in [1.165, 1.54) is 0 Å². The monoisotopic (exact) mass is 430 g/mol. The fraction of sp³-hybridized carbons (Fsp3) is 0.364. The molecule has 2 aromatic rings. The zero-order valence-electron chi connectivity index (χ0n) is 16.8. The Morgan fingerprint density at radius 3 is 2.63 bits per heavy atom. The average molecular weight is 431 g/mol. The van der Waals surface area contributed by atoms with Gasteiger partial charge in [0.2, 0.25) is 11.8 Å². The molecule has 160 valence electrons. The standard InChI is InChI=1S/C22H27ClN4O3/c23-19-6-1-2-7-20(19)24-16-22(29)25-15-17-4-3-5-18(14-17)26-21(28)8-9-27-10-12-30-13-11-27/h1-7,14,24H,8-13,15-16H2,(H,25,29)(H,26,28). The maximum Gasteiger partial charge on any atom is 0.239 e. The number of carbonyl (C=O) groups excluding carboxylic acids is 2. The van der Waals surface area contributed by atoms with Crippen molar-refractivity contribution in [3.05, 3.63) is 59.1 Å². The maximum absolute atomic E-state index is 12.2. The number of hydrogen-bond donors (Lipinski definition) is 3. The van der Waals surface area contributed by atoms with Crippen molar-refractivity contribution in [3.8, 4) is 0 Å². The molecular formula is C22H27ClN4O3. The third-order valence-corrected chi connectivity index (χ3v) is 5.10. The van der Waals surface area contributed by atoms with Crippen molar-refractivity contribution >= 4 is 34.8 Å². The number of hydrogen-bond acceptors (Lipinski definition) is 5. The summed E-state index contributed by atoms with van der Waals surface area (Å²) in [5.74, 6) is -0.165. The molecule has 0 saturated carbocycles. The number of ether oxygens (including phenoxy) is 1. The summed E-state index contributed by atoms with van der Waals surface area (Å²) in [6.45, 7) is 4.42. The van der Waals surface area contributed by atoms with Crippen LogP contribution in [0.1, 0.15) is 12.0 Å². The van der Waals surface area contributed by atoms with Crippen LogP contribution >= 0.6 is 11.6 Å². The zero-order valence-corrected chi connectivity index (χ0v) is 17.6. The lowest BCUT2D eigenvalue weighted by atomic mass is 10.2. The highest BCUT2D eigenvalue weighted by molar-refractivity contribution is 6.33. The molecule has 2 amide bonds. The summed E-state index contributed by atoms with van der Waals surface area (Å²) in [6.07, 6.45) is 0.439. The predicted octanol–water partition coefficient (Wildman–Crippen LogP) is 2.73. The van der Waals surface area contributed by atoms with Gasteiger partial charge in [-0.25, -0.2) is 0 Å². The summed E-state index contributed by atoms with van der Waals surface area (Å²) in [6, 6.07) is 14.8. The fourth-order valence-electron chi connectivity index (χ4n) is 3.11. The van der Waals surface area contributed by atoms with E-state index >= 15 is 0 Å². The number of morpholine rings is 1. The van der Waals surface area contributed by atoms with Crippen LogP contribution in [0.4, 0.5) is 11.4 Å². The van der Waals surface area contributed by atoms with Crippen LogP contribution in [0.5, 0.6) is 0 Å². The third kappa shape index (κ3) is 7.33. The highest BCUT2D eigenvalue weighted by atomic mass is 35.5. The smallest absolute Gasteiger partial charge is 0.239 e. The van der Waals surface area contributed by atoms with E-state index in [9.17, 15) is 9.59 Å². The summed E-state index contributed by atoms with van der Waals surface area (Å²) in [5.41, 5.74) is 2.35. The van der Waals surface area contributed by atoms with E-state index in [0.717, 1.165) is 49.8 Å². The third-order valence-electron chi connectivity index (χ3n) is 4.77. The van der Waals surface area contributed by atoms with E-state index in [2.05, 4.69) is 20.9 Å². The zero-order chi connectivity index (χ0) is 21.2. The number of para-hydroxylation sites is 1. The van der Waals surface area contributed by atoms with Crippen molar-refractivity contribution in [2.75, 3.05) is 50.0 Å².